The molecule has 0 aliphatic carbocycles. The first-order valence-corrected chi connectivity index (χ1v) is 6.65. The molecular formula is C15H13N5O2. The number of aromatic nitrogens is 4. The van der Waals surface area contributed by atoms with E-state index in [1.165, 1.54) is 0 Å². The molecule has 1 heterocycles. The number of benzene rings is 2. The molecule has 1 aromatic heterocycles. The maximum absolute atomic E-state index is 11.8. The minimum Gasteiger partial charge on any atom is -0.410 e. The Hall–Kier alpha value is -3.22. The van der Waals surface area contributed by atoms with Gasteiger partial charge in [-0.2, -0.15) is 5.21 Å². The van der Waals surface area contributed by atoms with Gasteiger partial charge in [-0.25, -0.2) is 4.79 Å². The van der Waals surface area contributed by atoms with E-state index in [1.807, 2.05) is 24.3 Å². The lowest BCUT2D eigenvalue weighted by Crippen LogP contribution is -2.16. The van der Waals surface area contributed by atoms with Crippen molar-refractivity contribution in [1.29, 1.82) is 0 Å². The maximum Gasteiger partial charge on any atom is 0.417 e. The first-order valence-electron chi connectivity index (χ1n) is 6.65. The molecule has 2 aromatic carbocycles. The third-order valence-corrected chi connectivity index (χ3v) is 2.88. The van der Waals surface area contributed by atoms with Crippen molar-refractivity contribution in [1.82, 2.24) is 20.6 Å². The van der Waals surface area contributed by atoms with Crippen molar-refractivity contribution in [2.24, 2.45) is 0 Å². The highest BCUT2D eigenvalue weighted by atomic mass is 16.6. The second-order valence-corrected chi connectivity index (χ2v) is 4.53. The predicted octanol–water partition coefficient (Wildman–Crippen LogP) is 2.40. The van der Waals surface area contributed by atoms with Gasteiger partial charge in [-0.3, -0.25) is 5.32 Å². The van der Waals surface area contributed by atoms with E-state index in [2.05, 4.69) is 25.9 Å². The Morgan fingerprint density at radius 3 is 2.77 bits per heavy atom. The molecule has 2 N–H and O–H groups in total. The molecule has 0 saturated carbocycles. The molecule has 3 rings (SSSR count). The van der Waals surface area contributed by atoms with Crippen molar-refractivity contribution >= 4 is 11.8 Å². The number of hydrogen-bond donors (Lipinski definition) is 2. The van der Waals surface area contributed by atoms with E-state index in [4.69, 9.17) is 4.74 Å². The van der Waals surface area contributed by atoms with E-state index in [-0.39, 0.29) is 0 Å². The summed E-state index contributed by atoms with van der Waals surface area (Å²) in [5, 5.41) is 16.4. The van der Waals surface area contributed by atoms with E-state index < -0.39 is 6.09 Å². The first kappa shape index (κ1) is 13.7. The standard InChI is InChI=1S/C15H13N5O2/c21-15(22-13-7-2-1-3-8-13)16-12-6-4-5-11(9-12)10-14-17-19-20-18-14/h1-9H,10H2,(H,16,21)(H,17,18,19,20). The first-order chi connectivity index (χ1) is 10.8. The Kier molecular flexibility index (Phi) is 4.05. The molecular weight excluding hydrogens is 282 g/mol. The highest BCUT2D eigenvalue weighted by Gasteiger charge is 2.06. The molecule has 0 fully saturated rings. The van der Waals surface area contributed by atoms with Crippen LogP contribution < -0.4 is 10.1 Å². The fourth-order valence-corrected chi connectivity index (χ4v) is 1.94. The topological polar surface area (TPSA) is 92.8 Å². The van der Waals surface area contributed by atoms with E-state index >= 15 is 0 Å². The number of carbonyl (C=O) groups excluding carboxylic acids is 1. The van der Waals surface area contributed by atoms with Crippen molar-refractivity contribution in [3.63, 3.8) is 0 Å². The number of hydrogen-bond acceptors (Lipinski definition) is 5. The molecule has 0 bridgehead atoms. The summed E-state index contributed by atoms with van der Waals surface area (Å²) in [6, 6.07) is 16.3. The zero-order chi connectivity index (χ0) is 15.2. The van der Waals surface area contributed by atoms with Crippen LogP contribution in [-0.4, -0.2) is 26.7 Å². The summed E-state index contributed by atoms with van der Waals surface area (Å²) in [6.45, 7) is 0. The Morgan fingerprint density at radius 2 is 2.00 bits per heavy atom. The van der Waals surface area contributed by atoms with E-state index in [1.54, 1.807) is 30.3 Å². The molecule has 0 radical (unpaired) electrons. The van der Waals surface area contributed by atoms with E-state index in [0.717, 1.165) is 5.56 Å². The monoisotopic (exact) mass is 295 g/mol. The van der Waals surface area contributed by atoms with Gasteiger partial charge < -0.3 is 4.74 Å². The second kappa shape index (κ2) is 6.49. The van der Waals surface area contributed by atoms with Crippen molar-refractivity contribution < 1.29 is 9.53 Å². The number of para-hydroxylation sites is 1. The summed E-state index contributed by atoms with van der Waals surface area (Å²) in [7, 11) is 0. The summed E-state index contributed by atoms with van der Waals surface area (Å²) < 4.78 is 5.17. The number of nitrogens with zero attached hydrogens (tertiary/aromatic N) is 3. The van der Waals surface area contributed by atoms with Crippen molar-refractivity contribution in [3.8, 4) is 5.75 Å². The van der Waals surface area contributed by atoms with Crippen LogP contribution in [0, 0.1) is 0 Å². The summed E-state index contributed by atoms with van der Waals surface area (Å²) in [5.41, 5.74) is 1.60. The van der Waals surface area contributed by atoms with E-state index in [9.17, 15) is 4.79 Å². The van der Waals surface area contributed by atoms with Gasteiger partial charge in [0.1, 0.15) is 5.75 Å². The van der Waals surface area contributed by atoms with Gasteiger partial charge in [-0.15, -0.1) is 10.2 Å². The van der Waals surface area contributed by atoms with Gasteiger partial charge in [0.25, 0.3) is 0 Å². The lowest BCUT2D eigenvalue weighted by atomic mass is 10.1. The molecule has 3 aromatic rings. The number of rotatable bonds is 4. The van der Waals surface area contributed by atoms with Gasteiger partial charge in [0, 0.05) is 12.1 Å². The van der Waals surface area contributed by atoms with Gasteiger partial charge in [-0.1, -0.05) is 35.5 Å². The van der Waals surface area contributed by atoms with E-state index in [0.29, 0.717) is 23.7 Å². The Labute approximate surface area is 126 Å². The Bertz CT molecular complexity index is 744. The number of aromatic amines is 1. The SMILES string of the molecule is O=C(Nc1cccc(Cc2nn[nH]n2)c1)Oc1ccccc1. The largest absolute Gasteiger partial charge is 0.417 e. The minimum atomic E-state index is -0.539. The number of amides is 1. The lowest BCUT2D eigenvalue weighted by Gasteiger charge is -2.07. The molecule has 0 saturated heterocycles. The zero-order valence-corrected chi connectivity index (χ0v) is 11.6. The summed E-state index contributed by atoms with van der Waals surface area (Å²) in [5.74, 6) is 1.08. The molecule has 110 valence electrons. The zero-order valence-electron chi connectivity index (χ0n) is 11.6. The van der Waals surface area contributed by atoms with Gasteiger partial charge in [0.05, 0.1) is 0 Å². The highest BCUT2D eigenvalue weighted by molar-refractivity contribution is 5.86. The van der Waals surface area contributed by atoms with Crippen LogP contribution in [0.5, 0.6) is 5.75 Å². The number of H-pyrrole nitrogens is 1. The fraction of sp³-hybridized carbons (Fsp3) is 0.0667. The number of tetrazole rings is 1. The Balaban J connectivity index is 1.63. The van der Waals surface area contributed by atoms with Gasteiger partial charge in [0.15, 0.2) is 5.82 Å². The van der Waals surface area contributed by atoms with Crippen LogP contribution in [0.15, 0.2) is 54.6 Å². The van der Waals surface area contributed by atoms with Crippen LogP contribution in [-0.2, 0) is 6.42 Å². The average molecular weight is 295 g/mol. The van der Waals surface area contributed by atoms with Crippen molar-refractivity contribution in [2.75, 3.05) is 5.32 Å². The lowest BCUT2D eigenvalue weighted by molar-refractivity contribution is 0.215. The highest BCUT2D eigenvalue weighted by Crippen LogP contribution is 2.14. The van der Waals surface area contributed by atoms with Crippen LogP contribution in [0.25, 0.3) is 0 Å². The smallest absolute Gasteiger partial charge is 0.410 e. The number of ether oxygens (including phenoxy) is 1. The molecule has 1 amide bonds. The van der Waals surface area contributed by atoms with Crippen molar-refractivity contribution in [2.45, 2.75) is 6.42 Å². The molecule has 0 aliphatic heterocycles. The summed E-state index contributed by atoms with van der Waals surface area (Å²) in [4.78, 5) is 11.8. The average Bonchev–Trinajstić information content (AvgIpc) is 3.01. The third-order valence-electron chi connectivity index (χ3n) is 2.88. The predicted molar refractivity (Wildman–Crippen MR) is 79.5 cm³/mol. The minimum absolute atomic E-state index is 0.489. The van der Waals surface area contributed by atoms with Gasteiger partial charge in [0.2, 0.25) is 0 Å². The molecule has 0 spiro atoms. The fourth-order valence-electron chi connectivity index (χ4n) is 1.94. The molecule has 0 atom stereocenters. The quantitative estimate of drug-likeness (QED) is 0.771. The number of anilines is 1. The molecule has 7 heteroatoms. The second-order valence-electron chi connectivity index (χ2n) is 4.53. The van der Waals surface area contributed by atoms with Crippen LogP contribution in [0.2, 0.25) is 0 Å². The summed E-state index contributed by atoms with van der Waals surface area (Å²) >= 11 is 0. The molecule has 0 aliphatic rings. The van der Waals surface area contributed by atoms with Crippen molar-refractivity contribution in [3.05, 3.63) is 66.0 Å². The maximum atomic E-state index is 11.8. The number of nitrogens with one attached hydrogen (secondary N) is 2. The normalized spacial score (nSPS) is 10.2. The van der Waals surface area contributed by atoms with Crippen LogP contribution in [0.1, 0.15) is 11.4 Å². The number of carbonyl (C=O) groups is 1. The van der Waals surface area contributed by atoms with Crippen LogP contribution in [0.4, 0.5) is 10.5 Å². The molecule has 22 heavy (non-hydrogen) atoms. The Morgan fingerprint density at radius 1 is 1.14 bits per heavy atom. The molecule has 0 unspecified atom stereocenters. The van der Waals surface area contributed by atoms with Crippen LogP contribution in [0.3, 0.4) is 0 Å². The third kappa shape index (κ3) is 3.66. The van der Waals surface area contributed by atoms with Gasteiger partial charge in [-0.05, 0) is 29.8 Å². The van der Waals surface area contributed by atoms with Gasteiger partial charge >= 0.3 is 6.09 Å². The van der Waals surface area contributed by atoms with Crippen LogP contribution >= 0.6 is 0 Å². The summed E-state index contributed by atoms with van der Waals surface area (Å²) in [6.07, 6.45) is -0.0114. The molecule has 7 nitrogen and oxygen atoms in total.